The first-order valence-electron chi connectivity index (χ1n) is 5.95. The Labute approximate surface area is 110 Å². The molecule has 1 aliphatic carbocycles. The number of rotatable bonds is 5. The van der Waals surface area contributed by atoms with E-state index in [1.807, 2.05) is 0 Å². The van der Waals surface area contributed by atoms with Crippen molar-refractivity contribution in [2.24, 2.45) is 0 Å². The smallest absolute Gasteiger partial charge is 0.221 e. The van der Waals surface area contributed by atoms with Gasteiger partial charge in [0, 0.05) is 18.2 Å². The van der Waals surface area contributed by atoms with Crippen LogP contribution in [-0.2, 0) is 14.6 Å². The van der Waals surface area contributed by atoms with E-state index in [1.165, 1.54) is 6.07 Å². The third kappa shape index (κ3) is 3.66. The molecule has 0 unspecified atom stereocenters. The molecule has 1 aromatic rings. The van der Waals surface area contributed by atoms with E-state index in [-0.39, 0.29) is 24.1 Å². The largest absolute Gasteiger partial charge is 0.399 e. The maximum Gasteiger partial charge on any atom is 0.221 e. The molecule has 0 radical (unpaired) electrons. The van der Waals surface area contributed by atoms with Crippen LogP contribution in [0.5, 0.6) is 0 Å². The van der Waals surface area contributed by atoms with Crippen LogP contribution in [0.2, 0.25) is 0 Å². The van der Waals surface area contributed by atoms with E-state index >= 15 is 0 Å². The van der Waals surface area contributed by atoms with Crippen LogP contribution in [0.3, 0.4) is 0 Å². The normalized spacial score (nSPS) is 15.2. The van der Waals surface area contributed by atoms with Gasteiger partial charge in [0.25, 0.3) is 0 Å². The minimum atomic E-state index is -3.81. The molecule has 0 saturated heterocycles. The number of hydrogen-bond donors (Lipinski definition) is 2. The van der Waals surface area contributed by atoms with E-state index in [2.05, 4.69) is 5.32 Å². The minimum absolute atomic E-state index is 0.155. The SMILES string of the molecule is Nc1ccc(S(=O)(=O)CCC(=O)NC2CC2)c(F)c1. The predicted molar refractivity (Wildman–Crippen MR) is 68.6 cm³/mol. The number of nitrogens with two attached hydrogens (primary N) is 1. The monoisotopic (exact) mass is 286 g/mol. The zero-order valence-corrected chi connectivity index (χ0v) is 11.0. The lowest BCUT2D eigenvalue weighted by molar-refractivity contribution is -0.120. The van der Waals surface area contributed by atoms with Crippen LogP contribution in [0.1, 0.15) is 19.3 Å². The lowest BCUT2D eigenvalue weighted by Crippen LogP contribution is -2.27. The Morgan fingerprint density at radius 2 is 2.11 bits per heavy atom. The van der Waals surface area contributed by atoms with Crippen molar-refractivity contribution in [1.82, 2.24) is 5.32 Å². The van der Waals surface area contributed by atoms with Crippen molar-refractivity contribution in [2.45, 2.75) is 30.2 Å². The molecule has 0 aromatic heterocycles. The lowest BCUT2D eigenvalue weighted by atomic mass is 10.3. The topological polar surface area (TPSA) is 89.3 Å². The van der Waals surface area contributed by atoms with Crippen LogP contribution in [0.25, 0.3) is 0 Å². The van der Waals surface area contributed by atoms with E-state index < -0.39 is 26.3 Å². The number of sulfone groups is 1. The molecule has 0 spiro atoms. The van der Waals surface area contributed by atoms with Crippen LogP contribution < -0.4 is 11.1 Å². The maximum absolute atomic E-state index is 13.5. The van der Waals surface area contributed by atoms with E-state index in [4.69, 9.17) is 5.73 Å². The van der Waals surface area contributed by atoms with Crippen molar-refractivity contribution in [3.63, 3.8) is 0 Å². The third-order valence-corrected chi connectivity index (χ3v) is 4.57. The molecule has 2 rings (SSSR count). The molecule has 0 aliphatic heterocycles. The maximum atomic E-state index is 13.5. The molecular formula is C12H15FN2O3S. The molecule has 0 heterocycles. The van der Waals surface area contributed by atoms with Gasteiger partial charge in [-0.1, -0.05) is 0 Å². The molecule has 19 heavy (non-hydrogen) atoms. The summed E-state index contributed by atoms with van der Waals surface area (Å²) in [6.45, 7) is 0. The standard InChI is InChI=1S/C12H15FN2O3S/c13-10-7-8(14)1-4-11(10)19(17,18)6-5-12(16)15-9-2-3-9/h1,4,7,9H,2-3,5-6,14H2,(H,15,16). The summed E-state index contributed by atoms with van der Waals surface area (Å²) in [6, 6.07) is 3.58. The second kappa shape index (κ2) is 5.16. The highest BCUT2D eigenvalue weighted by Gasteiger charge is 2.25. The van der Waals surface area contributed by atoms with Gasteiger partial charge in [-0.15, -0.1) is 0 Å². The lowest BCUT2D eigenvalue weighted by Gasteiger charge is -2.07. The molecule has 1 fully saturated rings. The van der Waals surface area contributed by atoms with Gasteiger partial charge in [-0.2, -0.15) is 0 Å². The molecule has 0 bridgehead atoms. The molecule has 5 nitrogen and oxygen atoms in total. The fraction of sp³-hybridized carbons (Fsp3) is 0.417. The van der Waals surface area contributed by atoms with Crippen molar-refractivity contribution in [3.05, 3.63) is 24.0 Å². The molecule has 3 N–H and O–H groups in total. The zero-order valence-electron chi connectivity index (χ0n) is 10.2. The van der Waals surface area contributed by atoms with E-state index in [1.54, 1.807) is 0 Å². The Balaban J connectivity index is 2.02. The van der Waals surface area contributed by atoms with E-state index in [0.717, 1.165) is 25.0 Å². The van der Waals surface area contributed by atoms with Crippen LogP contribution in [0.4, 0.5) is 10.1 Å². The molecular weight excluding hydrogens is 271 g/mol. The molecule has 1 amide bonds. The Hall–Kier alpha value is -1.63. The Kier molecular flexibility index (Phi) is 3.75. The van der Waals surface area contributed by atoms with Gasteiger partial charge in [0.15, 0.2) is 9.84 Å². The Bertz CT molecular complexity index is 597. The predicted octanol–water partition coefficient (Wildman–Crippen LogP) is 0.850. The number of anilines is 1. The quantitative estimate of drug-likeness (QED) is 0.785. The summed E-state index contributed by atoms with van der Waals surface area (Å²) in [5.74, 6) is -1.61. The van der Waals surface area contributed by atoms with Gasteiger partial charge in [0.2, 0.25) is 5.91 Å². The van der Waals surface area contributed by atoms with Crippen molar-refractivity contribution in [2.75, 3.05) is 11.5 Å². The number of nitrogen functional groups attached to an aromatic ring is 1. The highest BCUT2D eigenvalue weighted by Crippen LogP contribution is 2.20. The summed E-state index contributed by atoms with van der Waals surface area (Å²) in [4.78, 5) is 11.0. The summed E-state index contributed by atoms with van der Waals surface area (Å²) in [5.41, 5.74) is 5.51. The summed E-state index contributed by atoms with van der Waals surface area (Å²) in [6.07, 6.45) is 1.71. The van der Waals surface area contributed by atoms with Crippen LogP contribution in [-0.4, -0.2) is 26.1 Å². The third-order valence-electron chi connectivity index (χ3n) is 2.83. The van der Waals surface area contributed by atoms with Crippen molar-refractivity contribution < 1.29 is 17.6 Å². The average molecular weight is 286 g/mol. The zero-order chi connectivity index (χ0) is 14.0. The Morgan fingerprint density at radius 1 is 1.42 bits per heavy atom. The first-order chi connectivity index (χ1) is 8.88. The molecule has 104 valence electrons. The summed E-state index contributed by atoms with van der Waals surface area (Å²) in [7, 11) is -3.81. The summed E-state index contributed by atoms with van der Waals surface area (Å²) in [5, 5.41) is 2.68. The summed E-state index contributed by atoms with van der Waals surface area (Å²) >= 11 is 0. The van der Waals surface area contributed by atoms with E-state index in [0.29, 0.717) is 0 Å². The number of hydrogen-bond acceptors (Lipinski definition) is 4. The number of halogens is 1. The molecule has 1 saturated carbocycles. The van der Waals surface area contributed by atoms with Gasteiger partial charge < -0.3 is 11.1 Å². The number of nitrogens with one attached hydrogen (secondary N) is 1. The van der Waals surface area contributed by atoms with Crippen molar-refractivity contribution in [1.29, 1.82) is 0 Å². The fourth-order valence-corrected chi connectivity index (χ4v) is 2.94. The highest BCUT2D eigenvalue weighted by atomic mass is 32.2. The summed E-state index contributed by atoms with van der Waals surface area (Å²) < 4.78 is 37.3. The molecule has 1 aromatic carbocycles. The molecule has 7 heteroatoms. The molecule has 1 aliphatic rings. The minimum Gasteiger partial charge on any atom is -0.399 e. The number of carbonyl (C=O) groups is 1. The van der Waals surface area contributed by atoms with Gasteiger partial charge in [0.1, 0.15) is 10.7 Å². The van der Waals surface area contributed by atoms with Gasteiger partial charge in [0.05, 0.1) is 5.75 Å². The average Bonchev–Trinajstić information content (AvgIpc) is 3.10. The second-order valence-electron chi connectivity index (χ2n) is 4.60. The van der Waals surface area contributed by atoms with Crippen LogP contribution >= 0.6 is 0 Å². The highest BCUT2D eigenvalue weighted by molar-refractivity contribution is 7.91. The van der Waals surface area contributed by atoms with E-state index in [9.17, 15) is 17.6 Å². The second-order valence-corrected chi connectivity index (χ2v) is 6.68. The van der Waals surface area contributed by atoms with Crippen molar-refractivity contribution >= 4 is 21.4 Å². The van der Waals surface area contributed by atoms with Gasteiger partial charge in [-0.3, -0.25) is 4.79 Å². The number of amides is 1. The van der Waals surface area contributed by atoms with Gasteiger partial charge in [-0.05, 0) is 31.0 Å². The van der Waals surface area contributed by atoms with Crippen molar-refractivity contribution in [3.8, 4) is 0 Å². The first kappa shape index (κ1) is 13.8. The molecule has 0 atom stereocenters. The number of benzene rings is 1. The Morgan fingerprint density at radius 3 is 2.68 bits per heavy atom. The van der Waals surface area contributed by atoms with Crippen LogP contribution in [0, 0.1) is 5.82 Å². The number of carbonyl (C=O) groups excluding carboxylic acids is 1. The van der Waals surface area contributed by atoms with Gasteiger partial charge in [-0.25, -0.2) is 12.8 Å². The fourth-order valence-electron chi connectivity index (χ4n) is 1.63. The first-order valence-corrected chi connectivity index (χ1v) is 7.61. The van der Waals surface area contributed by atoms with Crippen LogP contribution in [0.15, 0.2) is 23.1 Å². The van der Waals surface area contributed by atoms with Gasteiger partial charge >= 0.3 is 0 Å².